The molecule has 1 aliphatic rings. The van der Waals surface area contributed by atoms with Gasteiger partial charge < -0.3 is 9.84 Å². The van der Waals surface area contributed by atoms with E-state index in [1.54, 1.807) is 0 Å². The number of aromatic nitrogens is 2. The first kappa shape index (κ1) is 10.6. The van der Waals surface area contributed by atoms with Crippen molar-refractivity contribution in [1.29, 1.82) is 0 Å². The summed E-state index contributed by atoms with van der Waals surface area (Å²) in [5.41, 5.74) is 0. The topological polar surface area (TPSA) is 51.0 Å². The summed E-state index contributed by atoms with van der Waals surface area (Å²) in [6.45, 7) is 4.38. The highest BCUT2D eigenvalue weighted by Gasteiger charge is 2.37. The number of hydrogen-bond acceptors (Lipinski definition) is 4. The predicted octanol–water partition coefficient (Wildman–Crippen LogP) is 1.73. The van der Waals surface area contributed by atoms with E-state index in [9.17, 15) is 0 Å². The Kier molecular flexibility index (Phi) is 3.05. The summed E-state index contributed by atoms with van der Waals surface area (Å²) in [6, 6.07) is 0.500. The van der Waals surface area contributed by atoms with E-state index in [4.69, 9.17) is 4.52 Å². The van der Waals surface area contributed by atoms with Gasteiger partial charge in [0.1, 0.15) is 0 Å². The fourth-order valence-electron chi connectivity index (χ4n) is 1.69. The fourth-order valence-corrected chi connectivity index (χ4v) is 1.69. The lowest BCUT2D eigenvalue weighted by Gasteiger charge is -2.06. The quantitative estimate of drug-likeness (QED) is 0.802. The van der Waals surface area contributed by atoms with Crippen LogP contribution < -0.4 is 5.32 Å². The molecule has 0 radical (unpaired) electrons. The van der Waals surface area contributed by atoms with Gasteiger partial charge >= 0.3 is 0 Å². The van der Waals surface area contributed by atoms with Gasteiger partial charge in [-0.05, 0) is 32.7 Å². The van der Waals surface area contributed by atoms with E-state index < -0.39 is 0 Å². The van der Waals surface area contributed by atoms with Crippen LogP contribution in [0.5, 0.6) is 0 Å². The highest BCUT2D eigenvalue weighted by molar-refractivity contribution is 5.07. The Bertz CT molecular complexity index is 323. The highest BCUT2D eigenvalue weighted by Crippen LogP contribution is 2.45. The molecular formula is C11H19N3O. The molecule has 4 heteroatoms. The van der Waals surface area contributed by atoms with E-state index in [1.807, 2.05) is 7.05 Å². The van der Waals surface area contributed by atoms with Crippen molar-refractivity contribution in [2.75, 3.05) is 7.05 Å². The van der Waals surface area contributed by atoms with Gasteiger partial charge in [0.15, 0.2) is 5.82 Å². The summed E-state index contributed by atoms with van der Waals surface area (Å²) in [5, 5.41) is 7.22. The summed E-state index contributed by atoms with van der Waals surface area (Å²) in [7, 11) is 1.97. The summed E-state index contributed by atoms with van der Waals surface area (Å²) in [4.78, 5) is 4.42. The Morgan fingerprint density at radius 1 is 1.60 bits per heavy atom. The highest BCUT2D eigenvalue weighted by atomic mass is 16.5. The van der Waals surface area contributed by atoms with Crippen LogP contribution in [0.2, 0.25) is 0 Å². The third-order valence-corrected chi connectivity index (χ3v) is 3.21. The molecule has 1 aliphatic carbocycles. The largest absolute Gasteiger partial charge is 0.339 e. The van der Waals surface area contributed by atoms with Gasteiger partial charge in [-0.25, -0.2) is 0 Å². The van der Waals surface area contributed by atoms with Gasteiger partial charge in [-0.15, -0.1) is 0 Å². The Balaban J connectivity index is 1.85. The van der Waals surface area contributed by atoms with Crippen LogP contribution in [0, 0.1) is 5.92 Å². The summed E-state index contributed by atoms with van der Waals surface area (Å²) in [6.07, 6.45) is 3.13. The van der Waals surface area contributed by atoms with E-state index in [0.717, 1.165) is 30.5 Å². The van der Waals surface area contributed by atoms with Gasteiger partial charge in [-0.2, -0.15) is 4.98 Å². The molecule has 3 atom stereocenters. The fraction of sp³-hybridized carbons (Fsp3) is 0.818. The van der Waals surface area contributed by atoms with Crippen molar-refractivity contribution in [3.05, 3.63) is 11.7 Å². The molecule has 1 fully saturated rings. The van der Waals surface area contributed by atoms with Crippen LogP contribution in [0.15, 0.2) is 4.52 Å². The lowest BCUT2D eigenvalue weighted by Crippen LogP contribution is -2.21. The van der Waals surface area contributed by atoms with E-state index in [-0.39, 0.29) is 0 Å². The maximum atomic E-state index is 5.22. The van der Waals surface area contributed by atoms with E-state index in [1.165, 1.54) is 6.42 Å². The van der Waals surface area contributed by atoms with E-state index >= 15 is 0 Å². The maximum Gasteiger partial charge on any atom is 0.226 e. The SMILES string of the molecule is CNC(C)CCc1nc(C2CC2C)no1. The summed E-state index contributed by atoms with van der Waals surface area (Å²) < 4.78 is 5.22. The van der Waals surface area contributed by atoms with E-state index in [2.05, 4.69) is 29.3 Å². The second-order valence-corrected chi connectivity index (χ2v) is 4.59. The van der Waals surface area contributed by atoms with Crippen LogP contribution in [-0.4, -0.2) is 23.2 Å². The van der Waals surface area contributed by atoms with Gasteiger partial charge in [0.05, 0.1) is 0 Å². The molecule has 0 aliphatic heterocycles. The zero-order valence-corrected chi connectivity index (χ0v) is 9.66. The summed E-state index contributed by atoms with van der Waals surface area (Å²) in [5.74, 6) is 3.00. The van der Waals surface area contributed by atoms with Crippen molar-refractivity contribution >= 4 is 0 Å². The van der Waals surface area contributed by atoms with Gasteiger partial charge in [0.2, 0.25) is 5.89 Å². The van der Waals surface area contributed by atoms with Crippen molar-refractivity contribution in [2.45, 2.75) is 45.1 Å². The standard InChI is InChI=1S/C11H19N3O/c1-7-6-9(7)11-13-10(15-14-11)5-4-8(2)12-3/h7-9,12H,4-6H2,1-3H3. The van der Waals surface area contributed by atoms with Crippen LogP contribution in [0.25, 0.3) is 0 Å². The minimum atomic E-state index is 0.500. The lowest BCUT2D eigenvalue weighted by atomic mass is 10.2. The second kappa shape index (κ2) is 4.31. The van der Waals surface area contributed by atoms with Gasteiger partial charge in [0.25, 0.3) is 0 Å². The van der Waals surface area contributed by atoms with Crippen LogP contribution in [0.1, 0.15) is 44.3 Å². The second-order valence-electron chi connectivity index (χ2n) is 4.59. The summed E-state index contributed by atoms with van der Waals surface area (Å²) >= 11 is 0. The lowest BCUT2D eigenvalue weighted by molar-refractivity contribution is 0.364. The molecule has 0 aromatic carbocycles. The molecule has 1 aromatic rings. The first-order valence-corrected chi connectivity index (χ1v) is 5.70. The van der Waals surface area contributed by atoms with Crippen molar-refractivity contribution in [1.82, 2.24) is 15.5 Å². The minimum absolute atomic E-state index is 0.500. The average molecular weight is 209 g/mol. The zero-order valence-electron chi connectivity index (χ0n) is 9.66. The van der Waals surface area contributed by atoms with Gasteiger partial charge in [-0.3, -0.25) is 0 Å². The first-order chi connectivity index (χ1) is 7.20. The van der Waals surface area contributed by atoms with Crippen LogP contribution in [-0.2, 0) is 6.42 Å². The predicted molar refractivity (Wildman–Crippen MR) is 57.7 cm³/mol. The monoisotopic (exact) mass is 209 g/mol. The number of rotatable bonds is 5. The average Bonchev–Trinajstić information content (AvgIpc) is 2.80. The molecule has 3 unspecified atom stereocenters. The molecule has 2 rings (SSSR count). The van der Waals surface area contributed by atoms with Gasteiger partial charge in [0, 0.05) is 18.4 Å². The molecule has 0 amide bonds. The molecule has 4 nitrogen and oxygen atoms in total. The van der Waals surface area contributed by atoms with Crippen molar-refractivity contribution in [3.63, 3.8) is 0 Å². The van der Waals surface area contributed by atoms with E-state index in [0.29, 0.717) is 12.0 Å². The molecule has 0 saturated heterocycles. The van der Waals surface area contributed by atoms with Gasteiger partial charge in [-0.1, -0.05) is 12.1 Å². The molecular weight excluding hydrogens is 190 g/mol. The van der Waals surface area contributed by atoms with Crippen LogP contribution >= 0.6 is 0 Å². The third-order valence-electron chi connectivity index (χ3n) is 3.21. The Morgan fingerprint density at radius 3 is 2.93 bits per heavy atom. The van der Waals surface area contributed by atoms with Crippen molar-refractivity contribution in [3.8, 4) is 0 Å². The molecule has 15 heavy (non-hydrogen) atoms. The minimum Gasteiger partial charge on any atom is -0.339 e. The third kappa shape index (κ3) is 2.56. The Labute approximate surface area is 90.4 Å². The molecule has 1 saturated carbocycles. The zero-order chi connectivity index (χ0) is 10.8. The number of nitrogens with zero attached hydrogens (tertiary/aromatic N) is 2. The van der Waals surface area contributed by atoms with Crippen LogP contribution in [0.4, 0.5) is 0 Å². The Hall–Kier alpha value is -0.900. The normalized spacial score (nSPS) is 26.6. The van der Waals surface area contributed by atoms with Crippen molar-refractivity contribution < 1.29 is 4.52 Å². The smallest absolute Gasteiger partial charge is 0.226 e. The molecule has 0 spiro atoms. The molecule has 84 valence electrons. The molecule has 1 heterocycles. The number of nitrogens with one attached hydrogen (secondary N) is 1. The molecule has 1 N–H and O–H groups in total. The van der Waals surface area contributed by atoms with Crippen molar-refractivity contribution in [2.24, 2.45) is 5.92 Å². The van der Waals surface area contributed by atoms with Crippen LogP contribution in [0.3, 0.4) is 0 Å². The Morgan fingerprint density at radius 2 is 2.33 bits per heavy atom. The molecule has 1 aromatic heterocycles. The number of hydrogen-bond donors (Lipinski definition) is 1. The molecule has 0 bridgehead atoms. The number of aryl methyl sites for hydroxylation is 1. The maximum absolute atomic E-state index is 5.22. The first-order valence-electron chi connectivity index (χ1n) is 5.70.